The maximum Gasteiger partial charge on any atom is 0.00837 e. The van der Waals surface area contributed by atoms with E-state index in [2.05, 4.69) is 43.4 Å². The van der Waals surface area contributed by atoms with Crippen molar-refractivity contribution in [3.63, 3.8) is 0 Å². The van der Waals surface area contributed by atoms with Crippen LogP contribution in [0.2, 0.25) is 0 Å². The molecule has 0 heterocycles. The Balaban J connectivity index is 2.95. The Kier molecular flexibility index (Phi) is 4.08. The molecule has 0 aliphatic heterocycles. The fourth-order valence-electron chi connectivity index (χ4n) is 0.650. The monoisotopic (exact) mass is 212 g/mol. The van der Waals surface area contributed by atoms with E-state index in [1.807, 2.05) is 0 Å². The number of alkyl halides is 1. The van der Waals surface area contributed by atoms with Gasteiger partial charge in [-0.15, -0.1) is 0 Å². The maximum atomic E-state index is 2.46. The van der Waals surface area contributed by atoms with E-state index in [4.69, 9.17) is 0 Å². The van der Waals surface area contributed by atoms with Crippen LogP contribution in [0.4, 0.5) is 0 Å². The molecule has 0 N–H and O–H groups in total. The van der Waals surface area contributed by atoms with Crippen molar-refractivity contribution in [1.29, 1.82) is 0 Å². The van der Waals surface area contributed by atoms with Crippen molar-refractivity contribution >= 4 is 22.6 Å². The number of hydrogen-bond acceptors (Lipinski definition) is 0. The maximum absolute atomic E-state index is 2.46. The molecule has 1 atom stereocenters. The number of hydrogen-bond donors (Lipinski definition) is 0. The molecule has 0 saturated carbocycles. The molecule has 0 spiro atoms. The van der Waals surface area contributed by atoms with Gasteiger partial charge in [-0.3, -0.25) is 0 Å². The normalized spacial score (nSPS) is 15.0. The first-order chi connectivity index (χ1) is 3.13. The van der Waals surface area contributed by atoms with Crippen molar-refractivity contribution < 1.29 is 0 Å². The molecule has 44 valence electrons. The lowest BCUT2D eigenvalue weighted by atomic mass is 10.1. The van der Waals surface area contributed by atoms with E-state index in [1.165, 1.54) is 6.42 Å². The minimum Gasteiger partial charge on any atom is -0.0829 e. The molecule has 0 aliphatic carbocycles. The molecule has 0 unspecified atom stereocenters. The van der Waals surface area contributed by atoms with Crippen LogP contribution in [0.5, 0.6) is 0 Å². The predicted molar refractivity (Wildman–Crippen MR) is 42.9 cm³/mol. The summed E-state index contributed by atoms with van der Waals surface area (Å²) in [7, 11) is 0. The first-order valence-electron chi connectivity index (χ1n) is 2.77. The van der Waals surface area contributed by atoms with Crippen LogP contribution in [-0.2, 0) is 0 Å². The SMILES string of the molecule is CC(C)C[C@H](C)I. The highest BCUT2D eigenvalue weighted by Gasteiger charge is 1.97. The van der Waals surface area contributed by atoms with Gasteiger partial charge in [0.25, 0.3) is 0 Å². The van der Waals surface area contributed by atoms with Gasteiger partial charge in [-0.25, -0.2) is 0 Å². The zero-order chi connectivity index (χ0) is 5.86. The van der Waals surface area contributed by atoms with E-state index in [-0.39, 0.29) is 0 Å². The molecule has 0 aliphatic rings. The summed E-state index contributed by atoms with van der Waals surface area (Å²) in [5.41, 5.74) is 0. The van der Waals surface area contributed by atoms with Gasteiger partial charge in [0.05, 0.1) is 0 Å². The van der Waals surface area contributed by atoms with Gasteiger partial charge < -0.3 is 0 Å². The van der Waals surface area contributed by atoms with Crippen LogP contribution in [-0.4, -0.2) is 3.92 Å². The van der Waals surface area contributed by atoms with Crippen LogP contribution in [0.25, 0.3) is 0 Å². The molecule has 7 heavy (non-hydrogen) atoms. The van der Waals surface area contributed by atoms with Crippen LogP contribution >= 0.6 is 22.6 Å². The summed E-state index contributed by atoms with van der Waals surface area (Å²) in [6.45, 7) is 6.77. The Morgan fingerprint density at radius 3 is 1.71 bits per heavy atom. The minimum absolute atomic E-state index is 0.845. The summed E-state index contributed by atoms with van der Waals surface area (Å²) in [6.07, 6.45) is 1.35. The smallest absolute Gasteiger partial charge is 0.00837 e. The van der Waals surface area contributed by atoms with Crippen LogP contribution in [0, 0.1) is 5.92 Å². The zero-order valence-corrected chi connectivity index (χ0v) is 7.40. The molecule has 0 bridgehead atoms. The molecule has 0 fully saturated rings. The molecule has 0 saturated heterocycles. The second kappa shape index (κ2) is 3.70. The van der Waals surface area contributed by atoms with Crippen molar-refractivity contribution in [2.24, 2.45) is 5.92 Å². The van der Waals surface area contributed by atoms with Crippen LogP contribution < -0.4 is 0 Å². The van der Waals surface area contributed by atoms with Crippen LogP contribution in [0.15, 0.2) is 0 Å². The van der Waals surface area contributed by atoms with E-state index >= 15 is 0 Å². The van der Waals surface area contributed by atoms with Gasteiger partial charge in [-0.2, -0.15) is 0 Å². The first-order valence-corrected chi connectivity index (χ1v) is 4.01. The molecule has 1 heteroatoms. The van der Waals surface area contributed by atoms with Gasteiger partial charge in [0, 0.05) is 3.92 Å². The molecule has 0 radical (unpaired) electrons. The quantitative estimate of drug-likeness (QED) is 0.487. The van der Waals surface area contributed by atoms with E-state index in [0.717, 1.165) is 9.84 Å². The topological polar surface area (TPSA) is 0 Å². The average molecular weight is 212 g/mol. The van der Waals surface area contributed by atoms with Crippen molar-refractivity contribution in [3.05, 3.63) is 0 Å². The molecule has 0 nitrogen and oxygen atoms in total. The van der Waals surface area contributed by atoms with Gasteiger partial charge in [-0.05, 0) is 12.3 Å². The van der Waals surface area contributed by atoms with Crippen LogP contribution in [0.1, 0.15) is 27.2 Å². The van der Waals surface area contributed by atoms with Gasteiger partial charge in [-0.1, -0.05) is 43.4 Å². The van der Waals surface area contributed by atoms with Crippen molar-refractivity contribution in [3.8, 4) is 0 Å². The predicted octanol–water partition coefficient (Wildman–Crippen LogP) is 2.86. The highest BCUT2D eigenvalue weighted by molar-refractivity contribution is 14.1. The molecule has 0 aromatic carbocycles. The molecule has 0 aromatic heterocycles. The molecule has 0 amide bonds. The Morgan fingerprint density at radius 2 is 1.71 bits per heavy atom. The van der Waals surface area contributed by atoms with Gasteiger partial charge >= 0.3 is 0 Å². The fourth-order valence-corrected chi connectivity index (χ4v) is 1.67. The number of rotatable bonds is 2. The number of halogens is 1. The van der Waals surface area contributed by atoms with Gasteiger partial charge in [0.1, 0.15) is 0 Å². The molecular formula is C6H13I. The summed E-state index contributed by atoms with van der Waals surface area (Å²) in [4.78, 5) is 0. The molecular weight excluding hydrogens is 199 g/mol. The largest absolute Gasteiger partial charge is 0.0829 e. The Bertz CT molecular complexity index is 33.4. The standard InChI is InChI=1S/C6H13I/c1-5(2)4-6(3)7/h5-6H,4H2,1-3H3/t6-/m0/s1. The summed E-state index contributed by atoms with van der Waals surface area (Å²) in [6, 6.07) is 0. The lowest BCUT2D eigenvalue weighted by Gasteiger charge is -2.03. The summed E-state index contributed by atoms with van der Waals surface area (Å²) in [5, 5.41) is 0. The Hall–Kier alpha value is 0.730. The average Bonchev–Trinajstić information content (AvgIpc) is 1.27. The summed E-state index contributed by atoms with van der Waals surface area (Å²) in [5.74, 6) is 0.867. The van der Waals surface area contributed by atoms with E-state index in [1.54, 1.807) is 0 Å². The van der Waals surface area contributed by atoms with Crippen molar-refractivity contribution in [2.45, 2.75) is 31.1 Å². The van der Waals surface area contributed by atoms with E-state index in [0.29, 0.717) is 0 Å². The molecule has 0 rings (SSSR count). The first kappa shape index (κ1) is 7.73. The highest BCUT2D eigenvalue weighted by atomic mass is 127. The third-order valence-electron chi connectivity index (χ3n) is 0.796. The third-order valence-corrected chi connectivity index (χ3v) is 1.30. The Labute approximate surface area is 59.8 Å². The summed E-state index contributed by atoms with van der Waals surface area (Å²) >= 11 is 2.46. The van der Waals surface area contributed by atoms with E-state index < -0.39 is 0 Å². The van der Waals surface area contributed by atoms with Gasteiger partial charge in [0.2, 0.25) is 0 Å². The highest BCUT2D eigenvalue weighted by Crippen LogP contribution is 2.10. The lowest BCUT2D eigenvalue weighted by molar-refractivity contribution is 0.594. The zero-order valence-electron chi connectivity index (χ0n) is 5.24. The molecule has 0 aromatic rings. The van der Waals surface area contributed by atoms with Crippen LogP contribution in [0.3, 0.4) is 0 Å². The third kappa shape index (κ3) is 6.73. The second-order valence-electron chi connectivity index (χ2n) is 2.41. The van der Waals surface area contributed by atoms with Gasteiger partial charge in [0.15, 0.2) is 0 Å². The minimum atomic E-state index is 0.845. The van der Waals surface area contributed by atoms with Crippen molar-refractivity contribution in [1.82, 2.24) is 0 Å². The van der Waals surface area contributed by atoms with E-state index in [9.17, 15) is 0 Å². The van der Waals surface area contributed by atoms with Crippen molar-refractivity contribution in [2.75, 3.05) is 0 Å². The second-order valence-corrected chi connectivity index (χ2v) is 4.54. The lowest BCUT2D eigenvalue weighted by Crippen LogP contribution is -1.95. The summed E-state index contributed by atoms with van der Waals surface area (Å²) < 4.78 is 0.845. The Morgan fingerprint density at radius 1 is 1.29 bits per heavy atom. The fraction of sp³-hybridized carbons (Fsp3) is 1.00.